The first-order valence-corrected chi connectivity index (χ1v) is 16.4. The van der Waals surface area contributed by atoms with E-state index in [1.807, 2.05) is 34.6 Å². The molecule has 0 spiro atoms. The fraction of sp³-hybridized carbons (Fsp3) is 0.636. The quantitative estimate of drug-likeness (QED) is 0.111. The number of carbonyl (C=O) groups is 3. The summed E-state index contributed by atoms with van der Waals surface area (Å²) in [5.41, 5.74) is 5.36. The molecule has 0 bridgehead atoms. The van der Waals surface area contributed by atoms with E-state index in [-0.39, 0.29) is 54.7 Å². The number of aromatic amines is 1. The van der Waals surface area contributed by atoms with E-state index >= 15 is 0 Å². The maximum Gasteiger partial charge on any atom is 0.303 e. The molecule has 248 valence electrons. The minimum Gasteiger partial charge on any atom is -0.481 e. The van der Waals surface area contributed by atoms with Crippen molar-refractivity contribution in [2.75, 3.05) is 0 Å². The van der Waals surface area contributed by atoms with Crippen LogP contribution >= 0.6 is 12.6 Å². The summed E-state index contributed by atoms with van der Waals surface area (Å²) in [6.07, 6.45) is 1.28. The monoisotopic (exact) mass is 644 g/mol. The number of thiol groups is 1. The summed E-state index contributed by atoms with van der Waals surface area (Å²) in [6, 6.07) is -0.477. The zero-order valence-electron chi connectivity index (χ0n) is 27.0. The third-order valence-corrected chi connectivity index (χ3v) is 10.5. The van der Waals surface area contributed by atoms with Gasteiger partial charge in [-0.05, 0) is 73.8 Å². The van der Waals surface area contributed by atoms with E-state index < -0.39 is 29.9 Å². The lowest BCUT2D eigenvalue weighted by atomic mass is 9.86. The average molecular weight is 645 g/mol. The molecule has 2 unspecified atom stereocenters. The maximum atomic E-state index is 12.4. The molecule has 7 atom stereocenters. The van der Waals surface area contributed by atoms with E-state index in [0.29, 0.717) is 42.5 Å². The Bertz CT molecular complexity index is 1440. The molecule has 1 saturated heterocycles. The van der Waals surface area contributed by atoms with E-state index in [1.165, 1.54) is 0 Å². The Balaban J connectivity index is 1.67. The molecule has 0 saturated carbocycles. The molecule has 3 aliphatic heterocycles. The summed E-state index contributed by atoms with van der Waals surface area (Å²) in [5, 5.41) is 48.2. The van der Waals surface area contributed by atoms with E-state index in [9.17, 15) is 34.8 Å². The number of allylic oxidation sites excluding steroid dienone is 1. The molecule has 7 N–H and O–H groups in total. The van der Waals surface area contributed by atoms with Crippen LogP contribution in [0, 0.1) is 18.8 Å². The van der Waals surface area contributed by atoms with Gasteiger partial charge in [-0.3, -0.25) is 25.0 Å². The van der Waals surface area contributed by atoms with Gasteiger partial charge in [0.15, 0.2) is 0 Å². The number of carbonyl (C=O) groups excluding carboxylic acids is 1. The minimum absolute atomic E-state index is 0.0145. The predicted octanol–water partition coefficient (Wildman–Crippen LogP) is 3.23. The first-order chi connectivity index (χ1) is 21.1. The Labute approximate surface area is 270 Å². The maximum absolute atomic E-state index is 12.4. The number of carboxylic acids is 2. The Hall–Kier alpha value is -2.77. The van der Waals surface area contributed by atoms with Gasteiger partial charge in [0.1, 0.15) is 12.0 Å². The van der Waals surface area contributed by atoms with Crippen molar-refractivity contribution in [2.45, 2.75) is 122 Å². The predicted molar refractivity (Wildman–Crippen MR) is 174 cm³/mol. The SMILES string of the molecule is CCC1=C(C)C(C[C@@]2(O)NC(Cc3[nH]c(C[C@@H]4N[C@@H](O)[C@H](C)[C@H]4C(C)S)c(C)c3CCC(=O)O)C(CCC(=O)O)=C2C)=NC1=O. The molecule has 0 radical (unpaired) electrons. The van der Waals surface area contributed by atoms with Crippen LogP contribution in [0.1, 0.15) is 89.2 Å². The van der Waals surface area contributed by atoms with E-state index in [1.54, 1.807) is 6.92 Å². The third kappa shape index (κ3) is 7.30. The number of H-pyrrole nitrogens is 1. The van der Waals surface area contributed by atoms with Crippen LogP contribution in [0.3, 0.4) is 0 Å². The normalized spacial score (nSPS) is 29.2. The number of nitrogens with zero attached hydrogens (tertiary/aromatic N) is 1. The highest BCUT2D eigenvalue weighted by molar-refractivity contribution is 7.80. The van der Waals surface area contributed by atoms with Crippen LogP contribution in [-0.4, -0.2) is 78.3 Å². The highest BCUT2D eigenvalue weighted by Gasteiger charge is 2.45. The molecular formula is C33H48N4O7S. The molecule has 4 rings (SSSR count). The number of carboxylic acid groups (broad SMARTS) is 2. The Morgan fingerprint density at radius 3 is 2.29 bits per heavy atom. The van der Waals surface area contributed by atoms with Gasteiger partial charge < -0.3 is 25.4 Å². The fourth-order valence-electron chi connectivity index (χ4n) is 7.57. The van der Waals surface area contributed by atoms with Crippen LogP contribution in [0.4, 0.5) is 0 Å². The van der Waals surface area contributed by atoms with Gasteiger partial charge in [-0.15, -0.1) is 0 Å². The van der Waals surface area contributed by atoms with Crippen molar-refractivity contribution in [3.8, 4) is 0 Å². The largest absolute Gasteiger partial charge is 0.481 e. The number of rotatable bonds is 14. The Kier molecular flexibility index (Phi) is 10.9. The van der Waals surface area contributed by atoms with E-state index in [2.05, 4.69) is 20.6 Å². The van der Waals surface area contributed by atoms with E-state index in [0.717, 1.165) is 33.7 Å². The van der Waals surface area contributed by atoms with Crippen LogP contribution in [0.25, 0.3) is 0 Å². The second-order valence-electron chi connectivity index (χ2n) is 13.0. The van der Waals surface area contributed by atoms with Crippen LogP contribution < -0.4 is 10.6 Å². The fourth-order valence-corrected chi connectivity index (χ4v) is 8.05. The van der Waals surface area contributed by atoms with Gasteiger partial charge in [0.05, 0.1) is 5.71 Å². The van der Waals surface area contributed by atoms with Crippen LogP contribution in [0.5, 0.6) is 0 Å². The lowest BCUT2D eigenvalue weighted by molar-refractivity contribution is -0.138. The molecule has 45 heavy (non-hydrogen) atoms. The second-order valence-corrected chi connectivity index (χ2v) is 13.8. The molecule has 1 aromatic rings. The highest BCUT2D eigenvalue weighted by Crippen LogP contribution is 2.39. The number of amides is 1. The Morgan fingerprint density at radius 1 is 1.07 bits per heavy atom. The Morgan fingerprint density at radius 2 is 1.71 bits per heavy atom. The number of aromatic nitrogens is 1. The number of hydrogen-bond donors (Lipinski definition) is 8. The summed E-state index contributed by atoms with van der Waals surface area (Å²) in [7, 11) is 0. The number of aliphatic imine (C=N–C) groups is 1. The lowest BCUT2D eigenvalue weighted by Crippen LogP contribution is -2.48. The summed E-state index contributed by atoms with van der Waals surface area (Å²) < 4.78 is 0. The summed E-state index contributed by atoms with van der Waals surface area (Å²) in [6.45, 7) is 11.5. The van der Waals surface area contributed by atoms with Crippen molar-refractivity contribution in [2.24, 2.45) is 16.8 Å². The number of hydrogen-bond acceptors (Lipinski definition) is 8. The minimum atomic E-state index is -1.54. The van der Waals surface area contributed by atoms with Gasteiger partial charge >= 0.3 is 11.9 Å². The summed E-state index contributed by atoms with van der Waals surface area (Å²) in [4.78, 5) is 43.4. The number of aliphatic carboxylic acids is 2. The highest BCUT2D eigenvalue weighted by atomic mass is 32.1. The van der Waals surface area contributed by atoms with Crippen molar-refractivity contribution >= 4 is 36.2 Å². The first-order valence-electron chi connectivity index (χ1n) is 15.8. The van der Waals surface area contributed by atoms with Gasteiger partial charge in [-0.25, -0.2) is 4.99 Å². The average Bonchev–Trinajstić information content (AvgIpc) is 3.57. The van der Waals surface area contributed by atoms with Crippen LogP contribution in [0.15, 0.2) is 27.3 Å². The zero-order valence-corrected chi connectivity index (χ0v) is 27.9. The molecule has 0 aliphatic carbocycles. The van der Waals surface area contributed by atoms with Crippen LogP contribution in [0.2, 0.25) is 0 Å². The molecule has 4 heterocycles. The van der Waals surface area contributed by atoms with Crippen molar-refractivity contribution in [3.05, 3.63) is 44.8 Å². The molecular weight excluding hydrogens is 596 g/mol. The van der Waals surface area contributed by atoms with E-state index in [4.69, 9.17) is 12.6 Å². The van der Waals surface area contributed by atoms with Crippen molar-refractivity contribution in [3.63, 3.8) is 0 Å². The van der Waals surface area contributed by atoms with Gasteiger partial charge in [0, 0.05) is 72.3 Å². The van der Waals surface area contributed by atoms with Gasteiger partial charge in [-0.2, -0.15) is 12.6 Å². The molecule has 11 nitrogen and oxygen atoms in total. The second kappa shape index (κ2) is 13.9. The molecule has 1 fully saturated rings. The topological polar surface area (TPSA) is 184 Å². The molecule has 1 aromatic heterocycles. The smallest absolute Gasteiger partial charge is 0.303 e. The van der Waals surface area contributed by atoms with Crippen molar-refractivity contribution in [1.82, 2.24) is 15.6 Å². The van der Waals surface area contributed by atoms with Crippen LogP contribution in [-0.2, 0) is 33.6 Å². The lowest BCUT2D eigenvalue weighted by Gasteiger charge is -2.27. The number of aliphatic hydroxyl groups is 2. The molecule has 12 heteroatoms. The summed E-state index contributed by atoms with van der Waals surface area (Å²) >= 11 is 4.70. The van der Waals surface area contributed by atoms with Crippen molar-refractivity contribution in [1.29, 1.82) is 0 Å². The van der Waals surface area contributed by atoms with Gasteiger partial charge in [0.25, 0.3) is 5.91 Å². The molecule has 0 aromatic carbocycles. The standard InChI is InChI=1S/C33H48N4O7S/c1-7-20-15(2)27(36-32(20)43)14-33(44)18(5)22(9-11-29(40)41)25(37-33)13-24-21(8-10-28(38)39)16(3)23(34-24)12-26-30(19(6)45)17(4)31(42)35-26/h17,19,25-26,30-31,34-35,37,42,44-45H,7-14H2,1-6H3,(H,38,39)(H,40,41)/t17-,19?,25?,26+,30+,31+,33+/m1/s1. The summed E-state index contributed by atoms with van der Waals surface area (Å²) in [5.74, 6) is -2.01. The number of nitrogens with one attached hydrogen (secondary N) is 3. The van der Waals surface area contributed by atoms with Gasteiger partial charge in [-0.1, -0.05) is 20.8 Å². The molecule has 3 aliphatic rings. The zero-order chi connectivity index (χ0) is 33.4. The third-order valence-electron chi connectivity index (χ3n) is 10.2. The number of aliphatic hydroxyl groups excluding tert-OH is 1. The van der Waals surface area contributed by atoms with Crippen molar-refractivity contribution < 1.29 is 34.8 Å². The van der Waals surface area contributed by atoms with Gasteiger partial charge in [0.2, 0.25) is 0 Å². The first kappa shape index (κ1) is 35.1. The molecule has 1 amide bonds.